The quantitative estimate of drug-likeness (QED) is 0.693. The second-order valence-corrected chi connectivity index (χ2v) is 4.39. The fourth-order valence-electron chi connectivity index (χ4n) is 2.06. The van der Waals surface area contributed by atoms with Gasteiger partial charge in [-0.2, -0.15) is 0 Å². The van der Waals surface area contributed by atoms with Gasteiger partial charge in [0.1, 0.15) is 12.1 Å². The Morgan fingerprint density at radius 1 is 1.37 bits per heavy atom. The van der Waals surface area contributed by atoms with Gasteiger partial charge in [-0.3, -0.25) is 14.5 Å². The highest BCUT2D eigenvalue weighted by Crippen LogP contribution is 2.19. The van der Waals surface area contributed by atoms with Crippen molar-refractivity contribution in [2.24, 2.45) is 0 Å². The molecule has 0 spiro atoms. The second-order valence-electron chi connectivity index (χ2n) is 4.39. The fourth-order valence-corrected chi connectivity index (χ4v) is 2.06. The van der Waals surface area contributed by atoms with Crippen LogP contribution in [-0.4, -0.2) is 40.8 Å². The molecule has 6 nitrogen and oxygen atoms in total. The number of rotatable bonds is 3. The highest BCUT2D eigenvalue weighted by molar-refractivity contribution is 6.06. The minimum atomic E-state index is -1.45. The first-order valence-corrected chi connectivity index (χ1v) is 5.82. The predicted molar refractivity (Wildman–Crippen MR) is 63.6 cm³/mol. The van der Waals surface area contributed by atoms with Crippen LogP contribution in [0.15, 0.2) is 30.3 Å². The Labute approximate surface area is 110 Å². The molecule has 0 bridgehead atoms. The van der Waals surface area contributed by atoms with E-state index in [4.69, 9.17) is 0 Å². The van der Waals surface area contributed by atoms with Crippen LogP contribution in [0.2, 0.25) is 0 Å². The van der Waals surface area contributed by atoms with Crippen molar-refractivity contribution in [3.8, 4) is 0 Å². The molecule has 3 amide bonds. The highest BCUT2D eigenvalue weighted by atomic mass is 16.4. The molecule has 1 atom stereocenters. The Morgan fingerprint density at radius 2 is 2.00 bits per heavy atom. The largest absolute Gasteiger partial charge is 0.530 e. The van der Waals surface area contributed by atoms with Crippen LogP contribution < -0.4 is 5.11 Å². The van der Waals surface area contributed by atoms with Crippen LogP contribution in [0.1, 0.15) is 12.0 Å². The molecule has 0 N–H and O–H groups in total. The van der Waals surface area contributed by atoms with E-state index in [1.165, 1.54) is 7.05 Å². The molecule has 1 aromatic rings. The lowest BCUT2D eigenvalue weighted by atomic mass is 10.1. The van der Waals surface area contributed by atoms with Gasteiger partial charge in [0, 0.05) is 13.6 Å². The Morgan fingerprint density at radius 3 is 2.47 bits per heavy atom. The minimum Gasteiger partial charge on any atom is -0.530 e. The highest BCUT2D eigenvalue weighted by Gasteiger charge is 2.39. The number of likely N-dealkylation sites (tertiary alicyclic amines) is 1. The molecule has 1 aromatic carbocycles. The maximum absolute atomic E-state index is 11.8. The van der Waals surface area contributed by atoms with E-state index in [0.29, 0.717) is 0 Å². The van der Waals surface area contributed by atoms with Crippen LogP contribution in [0.3, 0.4) is 0 Å². The van der Waals surface area contributed by atoms with Gasteiger partial charge in [-0.1, -0.05) is 30.3 Å². The summed E-state index contributed by atoms with van der Waals surface area (Å²) in [5.41, 5.74) is 0.738. The molecule has 1 fully saturated rings. The zero-order valence-corrected chi connectivity index (χ0v) is 10.4. The third-order valence-corrected chi connectivity index (χ3v) is 3.16. The Kier molecular flexibility index (Phi) is 3.50. The Bertz CT molecular complexity index is 515. The van der Waals surface area contributed by atoms with E-state index in [-0.39, 0.29) is 18.9 Å². The number of carbonyl (C=O) groups is 3. The summed E-state index contributed by atoms with van der Waals surface area (Å²) in [7, 11) is 1.35. The van der Waals surface area contributed by atoms with Crippen LogP contribution in [0.25, 0.3) is 0 Å². The van der Waals surface area contributed by atoms with Crippen LogP contribution >= 0.6 is 0 Å². The van der Waals surface area contributed by atoms with Crippen molar-refractivity contribution in [2.45, 2.75) is 19.0 Å². The standard InChI is InChI=1S/C13H14N2O4/c1-14-11(16)7-10(12(14)17)15(13(18)19)8-9-5-3-2-4-6-9/h2-6,10H,7-8H2,1H3,(H,18,19)/p-1/t10-/m0/s1. The summed E-state index contributed by atoms with van der Waals surface area (Å²) < 4.78 is 0. The lowest BCUT2D eigenvalue weighted by Crippen LogP contribution is -2.49. The van der Waals surface area contributed by atoms with E-state index in [0.717, 1.165) is 15.4 Å². The lowest BCUT2D eigenvalue weighted by Gasteiger charge is -2.29. The van der Waals surface area contributed by atoms with E-state index in [1.54, 1.807) is 24.3 Å². The van der Waals surface area contributed by atoms with Gasteiger partial charge in [-0.05, 0) is 5.56 Å². The van der Waals surface area contributed by atoms with E-state index in [2.05, 4.69) is 0 Å². The molecule has 1 saturated heterocycles. The number of amides is 3. The number of benzene rings is 1. The van der Waals surface area contributed by atoms with Gasteiger partial charge in [-0.15, -0.1) is 0 Å². The fraction of sp³-hybridized carbons (Fsp3) is 0.308. The molecule has 19 heavy (non-hydrogen) atoms. The topological polar surface area (TPSA) is 80.8 Å². The molecule has 0 unspecified atom stereocenters. The van der Waals surface area contributed by atoms with Crippen molar-refractivity contribution in [3.63, 3.8) is 0 Å². The number of carbonyl (C=O) groups excluding carboxylic acids is 3. The van der Waals surface area contributed by atoms with Crippen molar-refractivity contribution >= 4 is 17.9 Å². The lowest BCUT2D eigenvalue weighted by molar-refractivity contribution is -0.268. The van der Waals surface area contributed by atoms with Crippen molar-refractivity contribution < 1.29 is 19.5 Å². The molecule has 1 aliphatic rings. The Hall–Kier alpha value is -2.37. The van der Waals surface area contributed by atoms with Crippen LogP contribution in [-0.2, 0) is 16.1 Å². The molecule has 100 valence electrons. The number of imide groups is 1. The van der Waals surface area contributed by atoms with Gasteiger partial charge in [0.15, 0.2) is 0 Å². The van der Waals surface area contributed by atoms with Crippen LogP contribution in [0.4, 0.5) is 4.79 Å². The number of likely N-dealkylation sites (N-methyl/N-ethyl adjacent to an activating group) is 1. The van der Waals surface area contributed by atoms with Gasteiger partial charge >= 0.3 is 0 Å². The zero-order chi connectivity index (χ0) is 14.0. The maximum Gasteiger partial charge on any atom is 0.252 e. The van der Waals surface area contributed by atoms with Crippen molar-refractivity contribution in [1.82, 2.24) is 9.80 Å². The SMILES string of the molecule is CN1C(=O)C[C@H](N(Cc2ccccc2)C(=O)[O-])C1=O. The molecule has 1 heterocycles. The molecule has 0 radical (unpaired) electrons. The normalized spacial score (nSPS) is 18.8. The van der Waals surface area contributed by atoms with Gasteiger partial charge in [-0.25, -0.2) is 0 Å². The summed E-state index contributed by atoms with van der Waals surface area (Å²) in [6.07, 6.45) is -1.58. The van der Waals surface area contributed by atoms with Crippen molar-refractivity contribution in [3.05, 3.63) is 35.9 Å². The molecular formula is C13H13N2O4-. The summed E-state index contributed by atoms with van der Waals surface area (Å²) in [6.45, 7) is 0.0285. The molecule has 0 aliphatic carbocycles. The van der Waals surface area contributed by atoms with E-state index in [1.807, 2.05) is 6.07 Å². The monoisotopic (exact) mass is 261 g/mol. The third-order valence-electron chi connectivity index (χ3n) is 3.16. The van der Waals surface area contributed by atoms with Crippen molar-refractivity contribution in [2.75, 3.05) is 7.05 Å². The number of hydrogen-bond donors (Lipinski definition) is 0. The Balaban J connectivity index is 2.20. The van der Waals surface area contributed by atoms with E-state index in [9.17, 15) is 19.5 Å². The molecule has 0 saturated carbocycles. The minimum absolute atomic E-state index is 0.0285. The third kappa shape index (κ3) is 2.57. The summed E-state index contributed by atoms with van der Waals surface area (Å²) in [4.78, 5) is 36.3. The van der Waals surface area contributed by atoms with Gasteiger partial charge in [0.25, 0.3) is 5.91 Å². The summed E-state index contributed by atoms with van der Waals surface area (Å²) in [5.74, 6) is -0.889. The van der Waals surface area contributed by atoms with E-state index >= 15 is 0 Å². The molecular weight excluding hydrogens is 248 g/mol. The van der Waals surface area contributed by atoms with Gasteiger partial charge in [0.05, 0.1) is 6.42 Å². The van der Waals surface area contributed by atoms with Crippen LogP contribution in [0.5, 0.6) is 0 Å². The smallest absolute Gasteiger partial charge is 0.252 e. The average molecular weight is 261 g/mol. The maximum atomic E-state index is 11.8. The second kappa shape index (κ2) is 5.09. The zero-order valence-electron chi connectivity index (χ0n) is 10.4. The van der Waals surface area contributed by atoms with Gasteiger partial charge in [0.2, 0.25) is 5.91 Å². The molecule has 1 aliphatic heterocycles. The summed E-state index contributed by atoms with van der Waals surface area (Å²) in [5, 5.41) is 11.2. The molecule has 2 rings (SSSR count). The first-order chi connectivity index (χ1) is 9.00. The summed E-state index contributed by atoms with van der Waals surface area (Å²) in [6, 6.07) is 7.88. The van der Waals surface area contributed by atoms with Crippen molar-refractivity contribution in [1.29, 1.82) is 0 Å². The number of carboxylic acid groups (broad SMARTS) is 1. The predicted octanol–water partition coefficient (Wildman–Crippen LogP) is -0.411. The van der Waals surface area contributed by atoms with E-state index < -0.39 is 18.0 Å². The molecule has 0 aromatic heterocycles. The number of nitrogens with zero attached hydrogens (tertiary/aromatic N) is 2. The van der Waals surface area contributed by atoms with Gasteiger partial charge < -0.3 is 14.8 Å². The first-order valence-electron chi connectivity index (χ1n) is 5.82. The average Bonchev–Trinajstić information content (AvgIpc) is 2.64. The van der Waals surface area contributed by atoms with Crippen LogP contribution in [0, 0.1) is 0 Å². The summed E-state index contributed by atoms with van der Waals surface area (Å²) >= 11 is 0. The number of hydrogen-bond acceptors (Lipinski definition) is 4. The first kappa shape index (κ1) is 13.1. The molecule has 6 heteroatoms.